The van der Waals surface area contributed by atoms with Gasteiger partial charge in [0.2, 0.25) is 10.0 Å². The largest absolute Gasteiger partial charge is 0.497 e. The Hall–Kier alpha value is -2.46. The Morgan fingerprint density at radius 3 is 2.30 bits per heavy atom. The minimum Gasteiger partial charge on any atom is -0.497 e. The van der Waals surface area contributed by atoms with Crippen molar-refractivity contribution < 1.29 is 26.3 Å². The highest BCUT2D eigenvalue weighted by Gasteiger charge is 2.29. The first kappa shape index (κ1) is 19.3. The van der Waals surface area contributed by atoms with Crippen LogP contribution in [0.4, 0.5) is 11.4 Å². The molecule has 1 aliphatic rings. The lowest BCUT2D eigenvalue weighted by atomic mass is 10.2. The highest BCUT2D eigenvalue weighted by atomic mass is 32.2. The van der Waals surface area contributed by atoms with Gasteiger partial charge in [0, 0.05) is 6.54 Å². The summed E-state index contributed by atoms with van der Waals surface area (Å²) in [6.45, 7) is 0.360. The molecule has 1 aliphatic heterocycles. The molecule has 0 unspecified atom stereocenters. The molecule has 1 N–H and O–H groups in total. The van der Waals surface area contributed by atoms with Crippen LogP contribution >= 0.6 is 0 Å². The molecule has 1 saturated heterocycles. The smallest absolute Gasteiger partial charge is 0.262 e. The predicted molar refractivity (Wildman–Crippen MR) is 103 cm³/mol. The third kappa shape index (κ3) is 3.96. The van der Waals surface area contributed by atoms with Gasteiger partial charge in [-0.15, -0.1) is 0 Å². The minimum atomic E-state index is -3.89. The molecule has 0 radical (unpaired) electrons. The molecular weight excluding hydrogens is 392 g/mol. The lowest BCUT2D eigenvalue weighted by Crippen LogP contribution is -2.25. The van der Waals surface area contributed by atoms with Crippen LogP contribution in [-0.2, 0) is 20.0 Å². The van der Waals surface area contributed by atoms with Gasteiger partial charge in [0.05, 0.1) is 36.2 Å². The van der Waals surface area contributed by atoms with E-state index in [-0.39, 0.29) is 22.1 Å². The summed E-state index contributed by atoms with van der Waals surface area (Å²) in [5, 5.41) is 0. The molecule has 0 bridgehead atoms. The van der Waals surface area contributed by atoms with E-state index in [0.29, 0.717) is 24.4 Å². The third-order valence-electron chi connectivity index (χ3n) is 4.18. The minimum absolute atomic E-state index is 0.0459. The van der Waals surface area contributed by atoms with Gasteiger partial charge >= 0.3 is 0 Å². The number of hydrogen-bond acceptors (Lipinski definition) is 6. The van der Waals surface area contributed by atoms with Gasteiger partial charge in [-0.2, -0.15) is 0 Å². The summed E-state index contributed by atoms with van der Waals surface area (Å²) < 4.78 is 63.7. The standard InChI is InChI=1S/C17H20N2O6S2/c1-24-14-5-7-15(8-6-14)27(22,23)18-16-12-13(4-9-17(16)25-2)19-10-3-11-26(19,20)21/h4-9,12,18H,3,10-11H2,1-2H3. The Labute approximate surface area is 158 Å². The van der Waals surface area contributed by atoms with Crippen molar-refractivity contribution in [1.82, 2.24) is 0 Å². The summed E-state index contributed by atoms with van der Waals surface area (Å²) in [6, 6.07) is 10.5. The average molecular weight is 412 g/mol. The summed E-state index contributed by atoms with van der Waals surface area (Å²) >= 11 is 0. The van der Waals surface area contributed by atoms with Crippen molar-refractivity contribution in [2.45, 2.75) is 11.3 Å². The van der Waals surface area contributed by atoms with Crippen molar-refractivity contribution in [3.63, 3.8) is 0 Å². The first-order chi connectivity index (χ1) is 12.8. The Morgan fingerprint density at radius 2 is 1.74 bits per heavy atom. The molecule has 0 amide bonds. The quantitative estimate of drug-likeness (QED) is 0.779. The van der Waals surface area contributed by atoms with Crippen LogP contribution in [0.3, 0.4) is 0 Å². The molecule has 146 valence electrons. The van der Waals surface area contributed by atoms with Crippen molar-refractivity contribution in [3.8, 4) is 11.5 Å². The van der Waals surface area contributed by atoms with Crippen LogP contribution in [0, 0.1) is 0 Å². The molecule has 0 saturated carbocycles. The molecule has 2 aromatic carbocycles. The van der Waals surface area contributed by atoms with Crippen LogP contribution in [0.2, 0.25) is 0 Å². The Bertz CT molecular complexity index is 1030. The van der Waals surface area contributed by atoms with Crippen molar-refractivity contribution in [3.05, 3.63) is 42.5 Å². The maximum Gasteiger partial charge on any atom is 0.262 e. The van der Waals surface area contributed by atoms with Gasteiger partial charge in [0.25, 0.3) is 10.0 Å². The summed E-state index contributed by atoms with van der Waals surface area (Å²) in [4.78, 5) is 0.0459. The second-order valence-corrected chi connectivity index (χ2v) is 9.60. The summed E-state index contributed by atoms with van der Waals surface area (Å²) in [5.41, 5.74) is 0.550. The van der Waals surface area contributed by atoms with E-state index in [4.69, 9.17) is 9.47 Å². The Balaban J connectivity index is 1.96. The summed E-state index contributed by atoms with van der Waals surface area (Å²) in [5.74, 6) is 0.895. The molecule has 10 heteroatoms. The van der Waals surface area contributed by atoms with Crippen LogP contribution in [0.5, 0.6) is 11.5 Å². The normalized spacial score (nSPS) is 16.1. The molecular formula is C17H20N2O6S2. The number of methoxy groups -OCH3 is 2. The van der Waals surface area contributed by atoms with E-state index in [1.807, 2.05) is 0 Å². The van der Waals surface area contributed by atoms with E-state index in [0.717, 1.165) is 0 Å². The Morgan fingerprint density at radius 1 is 1.04 bits per heavy atom. The monoisotopic (exact) mass is 412 g/mol. The van der Waals surface area contributed by atoms with E-state index < -0.39 is 20.0 Å². The van der Waals surface area contributed by atoms with Crippen LogP contribution in [0.25, 0.3) is 0 Å². The van der Waals surface area contributed by atoms with Crippen LogP contribution in [0.15, 0.2) is 47.4 Å². The summed E-state index contributed by atoms with van der Waals surface area (Å²) in [6.07, 6.45) is 0.529. The van der Waals surface area contributed by atoms with Gasteiger partial charge in [0.1, 0.15) is 11.5 Å². The van der Waals surface area contributed by atoms with Gasteiger partial charge in [-0.1, -0.05) is 0 Å². The maximum atomic E-state index is 12.7. The first-order valence-corrected chi connectivity index (χ1v) is 11.2. The van der Waals surface area contributed by atoms with E-state index in [2.05, 4.69) is 4.72 Å². The van der Waals surface area contributed by atoms with Gasteiger partial charge in [-0.05, 0) is 48.9 Å². The molecule has 0 atom stereocenters. The predicted octanol–water partition coefficient (Wildman–Crippen LogP) is 2.04. The zero-order valence-corrected chi connectivity index (χ0v) is 16.5. The highest BCUT2D eigenvalue weighted by Crippen LogP contribution is 2.34. The van der Waals surface area contributed by atoms with E-state index in [1.165, 1.54) is 42.8 Å². The zero-order valence-electron chi connectivity index (χ0n) is 14.9. The van der Waals surface area contributed by atoms with Gasteiger partial charge < -0.3 is 9.47 Å². The molecule has 8 nitrogen and oxygen atoms in total. The molecule has 1 fully saturated rings. The molecule has 0 aliphatic carbocycles. The second kappa shape index (κ2) is 7.28. The van der Waals surface area contributed by atoms with E-state index in [9.17, 15) is 16.8 Å². The molecule has 0 aromatic heterocycles. The number of sulfonamides is 2. The lowest BCUT2D eigenvalue weighted by Gasteiger charge is -2.19. The number of ether oxygens (including phenoxy) is 2. The molecule has 2 aromatic rings. The number of benzene rings is 2. The summed E-state index contributed by atoms with van der Waals surface area (Å²) in [7, 11) is -4.37. The van der Waals surface area contributed by atoms with E-state index in [1.54, 1.807) is 18.2 Å². The fourth-order valence-corrected chi connectivity index (χ4v) is 5.44. The second-order valence-electron chi connectivity index (χ2n) is 5.91. The van der Waals surface area contributed by atoms with Crippen molar-refractivity contribution in [1.29, 1.82) is 0 Å². The molecule has 27 heavy (non-hydrogen) atoms. The van der Waals surface area contributed by atoms with Crippen molar-refractivity contribution in [2.24, 2.45) is 0 Å². The average Bonchev–Trinajstić information content (AvgIpc) is 3.00. The number of hydrogen-bond donors (Lipinski definition) is 1. The number of nitrogens with zero attached hydrogens (tertiary/aromatic N) is 1. The molecule has 3 rings (SSSR count). The molecule has 0 spiro atoms. The topological polar surface area (TPSA) is 102 Å². The number of rotatable bonds is 6. The highest BCUT2D eigenvalue weighted by molar-refractivity contribution is 7.93. The Kier molecular flexibility index (Phi) is 5.20. The lowest BCUT2D eigenvalue weighted by molar-refractivity contribution is 0.414. The van der Waals surface area contributed by atoms with Gasteiger partial charge in [-0.25, -0.2) is 16.8 Å². The van der Waals surface area contributed by atoms with Crippen LogP contribution in [0.1, 0.15) is 6.42 Å². The fourth-order valence-electron chi connectivity index (χ4n) is 2.82. The fraction of sp³-hybridized carbons (Fsp3) is 0.294. The van der Waals surface area contributed by atoms with E-state index >= 15 is 0 Å². The third-order valence-corrected chi connectivity index (χ3v) is 7.44. The van der Waals surface area contributed by atoms with Crippen LogP contribution in [-0.4, -0.2) is 43.4 Å². The zero-order chi connectivity index (χ0) is 19.7. The maximum absolute atomic E-state index is 12.7. The van der Waals surface area contributed by atoms with Crippen LogP contribution < -0.4 is 18.5 Å². The number of nitrogens with one attached hydrogen (secondary N) is 1. The van der Waals surface area contributed by atoms with Crippen molar-refractivity contribution in [2.75, 3.05) is 35.5 Å². The first-order valence-electron chi connectivity index (χ1n) is 8.12. The van der Waals surface area contributed by atoms with Gasteiger partial charge in [0.15, 0.2) is 0 Å². The molecule has 1 heterocycles. The van der Waals surface area contributed by atoms with Crippen molar-refractivity contribution >= 4 is 31.4 Å². The SMILES string of the molecule is COc1ccc(S(=O)(=O)Nc2cc(N3CCCS3(=O)=O)ccc2OC)cc1. The number of anilines is 2. The van der Waals surface area contributed by atoms with Gasteiger partial charge in [-0.3, -0.25) is 9.03 Å².